The maximum Gasteiger partial charge on any atom is 0.143 e. The minimum absolute atomic E-state index is 0.149. The van der Waals surface area contributed by atoms with Crippen molar-refractivity contribution in [3.05, 3.63) is 71.8 Å². The Morgan fingerprint density at radius 1 is 0.654 bits per heavy atom. The average Bonchev–Trinajstić information content (AvgIpc) is 2.71. The van der Waals surface area contributed by atoms with E-state index >= 15 is 0 Å². The SMILES string of the molecule is COC(C#CCCCCC#CC(OC)c1ccccc1)c1ccccc1. The van der Waals surface area contributed by atoms with E-state index in [1.807, 2.05) is 60.7 Å². The monoisotopic (exact) mass is 346 g/mol. The Bertz CT molecular complexity index is 677. The third-order valence-corrected chi connectivity index (χ3v) is 4.00. The lowest BCUT2D eigenvalue weighted by molar-refractivity contribution is 0.150. The van der Waals surface area contributed by atoms with Gasteiger partial charge in [0.1, 0.15) is 12.2 Å². The van der Waals surface area contributed by atoms with Gasteiger partial charge >= 0.3 is 0 Å². The van der Waals surface area contributed by atoms with Crippen molar-refractivity contribution in [3.63, 3.8) is 0 Å². The molecule has 0 fully saturated rings. The molecule has 0 aromatic heterocycles. The van der Waals surface area contributed by atoms with Crippen LogP contribution in [0.3, 0.4) is 0 Å². The van der Waals surface area contributed by atoms with Gasteiger partial charge in [0.05, 0.1) is 0 Å². The summed E-state index contributed by atoms with van der Waals surface area (Å²) in [5.74, 6) is 12.8. The van der Waals surface area contributed by atoms with Gasteiger partial charge in [0.15, 0.2) is 0 Å². The summed E-state index contributed by atoms with van der Waals surface area (Å²) in [6.07, 6.45) is 3.50. The van der Waals surface area contributed by atoms with E-state index in [4.69, 9.17) is 9.47 Å². The van der Waals surface area contributed by atoms with Crippen LogP contribution in [0.25, 0.3) is 0 Å². The van der Waals surface area contributed by atoms with Gasteiger partial charge in [-0.15, -0.1) is 11.8 Å². The predicted molar refractivity (Wildman–Crippen MR) is 106 cm³/mol. The van der Waals surface area contributed by atoms with Gasteiger partial charge in [-0.25, -0.2) is 0 Å². The summed E-state index contributed by atoms with van der Waals surface area (Å²) < 4.78 is 10.9. The smallest absolute Gasteiger partial charge is 0.143 e. The predicted octanol–water partition coefficient (Wildman–Crippen LogP) is 5.33. The Kier molecular flexibility index (Phi) is 9.09. The van der Waals surface area contributed by atoms with Gasteiger partial charge in [-0.3, -0.25) is 0 Å². The van der Waals surface area contributed by atoms with Gasteiger partial charge in [0.2, 0.25) is 0 Å². The molecule has 26 heavy (non-hydrogen) atoms. The maximum absolute atomic E-state index is 5.45. The highest BCUT2D eigenvalue weighted by Gasteiger charge is 2.05. The van der Waals surface area contributed by atoms with Crippen LogP contribution >= 0.6 is 0 Å². The van der Waals surface area contributed by atoms with Crippen molar-refractivity contribution >= 4 is 0 Å². The first-order valence-electron chi connectivity index (χ1n) is 8.97. The highest BCUT2D eigenvalue weighted by molar-refractivity contribution is 5.26. The van der Waals surface area contributed by atoms with Crippen molar-refractivity contribution in [3.8, 4) is 23.7 Å². The summed E-state index contributed by atoms with van der Waals surface area (Å²) in [4.78, 5) is 0. The molecule has 0 aliphatic carbocycles. The lowest BCUT2D eigenvalue weighted by Gasteiger charge is -2.08. The summed E-state index contributed by atoms with van der Waals surface area (Å²) in [5.41, 5.74) is 2.19. The fourth-order valence-electron chi connectivity index (χ4n) is 2.57. The summed E-state index contributed by atoms with van der Waals surface area (Å²) in [5, 5.41) is 0. The third kappa shape index (κ3) is 6.77. The molecule has 2 heteroatoms. The number of ether oxygens (including phenoxy) is 2. The molecule has 0 saturated heterocycles. The molecule has 2 aromatic rings. The van der Waals surface area contributed by atoms with Crippen molar-refractivity contribution in [2.45, 2.75) is 37.9 Å². The van der Waals surface area contributed by atoms with Crippen molar-refractivity contribution in [1.82, 2.24) is 0 Å². The van der Waals surface area contributed by atoms with E-state index in [0.29, 0.717) is 0 Å². The largest absolute Gasteiger partial charge is 0.364 e. The first kappa shape index (κ1) is 19.8. The van der Waals surface area contributed by atoms with Gasteiger partial charge in [-0.1, -0.05) is 72.5 Å². The number of benzene rings is 2. The van der Waals surface area contributed by atoms with Gasteiger partial charge < -0.3 is 9.47 Å². The van der Waals surface area contributed by atoms with E-state index < -0.39 is 0 Å². The van der Waals surface area contributed by atoms with Crippen LogP contribution in [0, 0.1) is 23.7 Å². The molecule has 0 radical (unpaired) electrons. The number of hydrogen-bond acceptors (Lipinski definition) is 2. The van der Waals surface area contributed by atoms with E-state index in [2.05, 4.69) is 23.7 Å². The van der Waals surface area contributed by atoms with Crippen molar-refractivity contribution in [2.24, 2.45) is 0 Å². The van der Waals surface area contributed by atoms with E-state index in [0.717, 1.165) is 36.8 Å². The van der Waals surface area contributed by atoms with E-state index in [9.17, 15) is 0 Å². The minimum Gasteiger partial charge on any atom is -0.364 e. The molecule has 0 bridgehead atoms. The van der Waals surface area contributed by atoms with E-state index in [1.54, 1.807) is 14.2 Å². The second kappa shape index (κ2) is 11.9. The number of methoxy groups -OCH3 is 2. The fraction of sp³-hybridized carbons (Fsp3) is 0.333. The van der Waals surface area contributed by atoms with Crippen LogP contribution in [0.2, 0.25) is 0 Å². The maximum atomic E-state index is 5.45. The van der Waals surface area contributed by atoms with Crippen LogP contribution in [0.4, 0.5) is 0 Å². The van der Waals surface area contributed by atoms with Crippen LogP contribution < -0.4 is 0 Å². The molecule has 2 rings (SSSR count). The molecule has 0 heterocycles. The molecule has 2 aromatic carbocycles. The normalized spacial score (nSPS) is 12.2. The second-order valence-corrected chi connectivity index (χ2v) is 5.90. The summed E-state index contributed by atoms with van der Waals surface area (Å²) >= 11 is 0. The lowest BCUT2D eigenvalue weighted by Crippen LogP contribution is -1.97. The number of unbranched alkanes of at least 4 members (excludes halogenated alkanes) is 3. The van der Waals surface area contributed by atoms with Crippen LogP contribution in [-0.4, -0.2) is 14.2 Å². The molecule has 2 nitrogen and oxygen atoms in total. The molecule has 2 unspecified atom stereocenters. The Morgan fingerprint density at radius 3 is 1.38 bits per heavy atom. The topological polar surface area (TPSA) is 18.5 Å². The Hall–Kier alpha value is -2.52. The molecule has 0 aliphatic heterocycles. The molecule has 0 amide bonds. The molecular weight excluding hydrogens is 320 g/mol. The van der Waals surface area contributed by atoms with Crippen molar-refractivity contribution < 1.29 is 9.47 Å². The van der Waals surface area contributed by atoms with Gasteiger partial charge in [-0.05, 0) is 24.0 Å². The third-order valence-electron chi connectivity index (χ3n) is 4.00. The lowest BCUT2D eigenvalue weighted by atomic mass is 10.1. The molecule has 0 aliphatic rings. The van der Waals surface area contributed by atoms with Crippen LogP contribution in [-0.2, 0) is 9.47 Å². The van der Waals surface area contributed by atoms with E-state index in [1.165, 1.54) is 0 Å². The highest BCUT2D eigenvalue weighted by Crippen LogP contribution is 2.16. The highest BCUT2D eigenvalue weighted by atomic mass is 16.5. The Labute approximate surface area is 157 Å². The molecule has 2 atom stereocenters. The van der Waals surface area contributed by atoms with Crippen molar-refractivity contribution in [2.75, 3.05) is 14.2 Å². The zero-order valence-electron chi connectivity index (χ0n) is 15.6. The zero-order valence-corrected chi connectivity index (χ0v) is 15.6. The van der Waals surface area contributed by atoms with Gasteiger partial charge in [0.25, 0.3) is 0 Å². The second-order valence-electron chi connectivity index (χ2n) is 5.90. The van der Waals surface area contributed by atoms with Crippen LogP contribution in [0.1, 0.15) is 49.0 Å². The summed E-state index contributed by atoms with van der Waals surface area (Å²) in [6.45, 7) is 0. The minimum atomic E-state index is -0.149. The Morgan fingerprint density at radius 2 is 1.04 bits per heavy atom. The Balaban J connectivity index is 1.72. The van der Waals surface area contributed by atoms with Gasteiger partial charge in [-0.2, -0.15) is 0 Å². The molecule has 0 N–H and O–H groups in total. The van der Waals surface area contributed by atoms with Crippen LogP contribution in [0.5, 0.6) is 0 Å². The summed E-state index contributed by atoms with van der Waals surface area (Å²) in [7, 11) is 3.39. The van der Waals surface area contributed by atoms with Gasteiger partial charge in [0, 0.05) is 27.1 Å². The fourth-order valence-corrected chi connectivity index (χ4v) is 2.57. The zero-order chi connectivity index (χ0) is 18.5. The number of rotatable bonds is 7. The quantitative estimate of drug-likeness (QED) is 0.498. The first-order chi connectivity index (χ1) is 12.8. The molecule has 0 spiro atoms. The standard InChI is InChI=1S/C24H26O2/c1-25-23(21-15-9-7-10-16-21)19-13-5-3-4-6-14-20-24(26-2)22-17-11-8-12-18-22/h7-12,15-18,23-24H,3-6H2,1-2H3. The first-order valence-corrected chi connectivity index (χ1v) is 8.97. The van der Waals surface area contributed by atoms with Crippen LogP contribution in [0.15, 0.2) is 60.7 Å². The molecule has 134 valence electrons. The van der Waals surface area contributed by atoms with Crippen molar-refractivity contribution in [1.29, 1.82) is 0 Å². The summed E-state index contributed by atoms with van der Waals surface area (Å²) in [6, 6.07) is 20.2. The van der Waals surface area contributed by atoms with E-state index in [-0.39, 0.29) is 12.2 Å². The number of hydrogen-bond donors (Lipinski definition) is 0. The molecular formula is C24H26O2. The molecule has 0 saturated carbocycles. The average molecular weight is 346 g/mol.